The van der Waals surface area contributed by atoms with Crippen molar-refractivity contribution in [3.8, 4) is 0 Å². The molecule has 0 bridgehead atoms. The first kappa shape index (κ1) is 22.4. The van der Waals surface area contributed by atoms with Crippen molar-refractivity contribution in [2.45, 2.75) is 26.9 Å². The van der Waals surface area contributed by atoms with Gasteiger partial charge in [-0.1, -0.05) is 35.4 Å². The fourth-order valence-corrected chi connectivity index (χ4v) is 4.25. The molecular formula is C25H29ClN4O2. The van der Waals surface area contributed by atoms with E-state index in [1.54, 1.807) is 4.90 Å². The van der Waals surface area contributed by atoms with Crippen LogP contribution < -0.4 is 10.2 Å². The Morgan fingerprint density at radius 2 is 1.91 bits per heavy atom. The summed E-state index contributed by atoms with van der Waals surface area (Å²) in [5.74, 6) is 0.975. The van der Waals surface area contributed by atoms with Crippen LogP contribution in [0.25, 0.3) is 10.9 Å². The van der Waals surface area contributed by atoms with Crippen LogP contribution >= 0.6 is 11.6 Å². The predicted molar refractivity (Wildman–Crippen MR) is 129 cm³/mol. The van der Waals surface area contributed by atoms with E-state index in [9.17, 15) is 4.79 Å². The molecule has 1 fully saturated rings. The SMILES string of the molecule is CCOC(=O)N1CCN(c2nc3ccc(C)cc3cc2CNCc2cccc(Cl)c2)CC1. The Morgan fingerprint density at radius 1 is 1.09 bits per heavy atom. The van der Waals surface area contributed by atoms with Gasteiger partial charge in [-0.05, 0) is 49.7 Å². The molecule has 1 saturated heterocycles. The third-order valence-electron chi connectivity index (χ3n) is 5.67. The summed E-state index contributed by atoms with van der Waals surface area (Å²) in [5.41, 5.74) is 4.49. The molecule has 0 saturated carbocycles. The average Bonchev–Trinajstić information content (AvgIpc) is 2.79. The van der Waals surface area contributed by atoms with Gasteiger partial charge in [-0.3, -0.25) is 0 Å². The Hall–Kier alpha value is -2.83. The third-order valence-corrected chi connectivity index (χ3v) is 5.90. The molecule has 2 aromatic carbocycles. The topological polar surface area (TPSA) is 57.7 Å². The minimum atomic E-state index is -0.238. The Morgan fingerprint density at radius 3 is 2.66 bits per heavy atom. The van der Waals surface area contributed by atoms with Crippen LogP contribution in [0.2, 0.25) is 5.02 Å². The van der Waals surface area contributed by atoms with E-state index in [1.807, 2.05) is 25.1 Å². The molecule has 168 valence electrons. The molecule has 4 rings (SSSR count). The van der Waals surface area contributed by atoms with Crippen LogP contribution in [-0.2, 0) is 17.8 Å². The molecule has 2 heterocycles. The molecule has 0 atom stereocenters. The maximum absolute atomic E-state index is 12.1. The molecule has 1 aromatic heterocycles. The number of hydrogen-bond donors (Lipinski definition) is 1. The maximum Gasteiger partial charge on any atom is 0.409 e. The highest BCUT2D eigenvalue weighted by Gasteiger charge is 2.24. The van der Waals surface area contributed by atoms with Crippen molar-refractivity contribution in [3.05, 3.63) is 70.2 Å². The highest BCUT2D eigenvalue weighted by Crippen LogP contribution is 2.26. The summed E-state index contributed by atoms with van der Waals surface area (Å²) in [4.78, 5) is 21.1. The van der Waals surface area contributed by atoms with E-state index in [0.29, 0.717) is 26.2 Å². The molecule has 0 spiro atoms. The fourth-order valence-electron chi connectivity index (χ4n) is 4.04. The zero-order valence-electron chi connectivity index (χ0n) is 18.6. The molecule has 32 heavy (non-hydrogen) atoms. The van der Waals surface area contributed by atoms with E-state index in [0.717, 1.165) is 52.5 Å². The van der Waals surface area contributed by atoms with Crippen LogP contribution in [0.15, 0.2) is 48.5 Å². The second-order valence-electron chi connectivity index (χ2n) is 8.07. The highest BCUT2D eigenvalue weighted by atomic mass is 35.5. The number of pyridine rings is 1. The van der Waals surface area contributed by atoms with Crippen LogP contribution in [-0.4, -0.2) is 48.8 Å². The van der Waals surface area contributed by atoms with Crippen molar-refractivity contribution in [2.24, 2.45) is 0 Å². The fraction of sp³-hybridized carbons (Fsp3) is 0.360. The maximum atomic E-state index is 12.1. The van der Waals surface area contributed by atoms with Gasteiger partial charge in [0.15, 0.2) is 0 Å². The zero-order chi connectivity index (χ0) is 22.5. The molecule has 3 aromatic rings. The number of ether oxygens (including phenoxy) is 1. The number of nitrogens with zero attached hydrogens (tertiary/aromatic N) is 3. The third kappa shape index (κ3) is 5.31. The number of aromatic nitrogens is 1. The molecule has 0 aliphatic carbocycles. The van der Waals surface area contributed by atoms with Crippen molar-refractivity contribution in [3.63, 3.8) is 0 Å². The van der Waals surface area contributed by atoms with Gasteiger partial charge in [0.25, 0.3) is 0 Å². The summed E-state index contributed by atoms with van der Waals surface area (Å²) in [6.45, 7) is 8.45. The number of fused-ring (bicyclic) bond motifs is 1. The number of amides is 1. The van der Waals surface area contributed by atoms with Gasteiger partial charge in [0, 0.05) is 55.2 Å². The Kier molecular flexibility index (Phi) is 7.12. The van der Waals surface area contributed by atoms with Gasteiger partial charge >= 0.3 is 6.09 Å². The van der Waals surface area contributed by atoms with Gasteiger partial charge in [-0.2, -0.15) is 0 Å². The lowest BCUT2D eigenvalue weighted by Crippen LogP contribution is -2.49. The largest absolute Gasteiger partial charge is 0.450 e. The lowest BCUT2D eigenvalue weighted by molar-refractivity contribution is 0.105. The number of nitrogens with one attached hydrogen (secondary N) is 1. The van der Waals surface area contributed by atoms with Crippen molar-refractivity contribution in [2.75, 3.05) is 37.7 Å². The summed E-state index contributed by atoms with van der Waals surface area (Å²) in [5, 5.41) is 5.42. The van der Waals surface area contributed by atoms with Crippen molar-refractivity contribution in [1.82, 2.24) is 15.2 Å². The summed E-state index contributed by atoms with van der Waals surface area (Å²) < 4.78 is 5.15. The van der Waals surface area contributed by atoms with Crippen LogP contribution in [0.3, 0.4) is 0 Å². The normalized spacial score (nSPS) is 14.1. The Bertz CT molecular complexity index is 1100. The number of carbonyl (C=O) groups excluding carboxylic acids is 1. The van der Waals surface area contributed by atoms with Gasteiger partial charge in [0.2, 0.25) is 0 Å². The van der Waals surface area contributed by atoms with Gasteiger partial charge < -0.3 is 19.9 Å². The number of carbonyl (C=O) groups is 1. The summed E-state index contributed by atoms with van der Waals surface area (Å²) in [6, 6.07) is 16.5. The molecule has 1 N–H and O–H groups in total. The van der Waals surface area contributed by atoms with E-state index in [4.69, 9.17) is 21.3 Å². The lowest BCUT2D eigenvalue weighted by atomic mass is 10.1. The van der Waals surface area contributed by atoms with E-state index in [2.05, 4.69) is 47.5 Å². The van der Waals surface area contributed by atoms with Gasteiger partial charge in [-0.15, -0.1) is 0 Å². The van der Waals surface area contributed by atoms with Crippen molar-refractivity contribution in [1.29, 1.82) is 0 Å². The molecule has 0 radical (unpaired) electrons. The number of benzene rings is 2. The van der Waals surface area contributed by atoms with Crippen LogP contribution in [0, 0.1) is 6.92 Å². The van der Waals surface area contributed by atoms with Crippen LogP contribution in [0.4, 0.5) is 10.6 Å². The first-order valence-electron chi connectivity index (χ1n) is 11.1. The molecular weight excluding hydrogens is 424 g/mol. The summed E-state index contributed by atoms with van der Waals surface area (Å²) in [7, 11) is 0. The molecule has 0 unspecified atom stereocenters. The quantitative estimate of drug-likeness (QED) is 0.584. The van der Waals surface area contributed by atoms with Gasteiger partial charge in [0.05, 0.1) is 12.1 Å². The lowest BCUT2D eigenvalue weighted by Gasteiger charge is -2.35. The van der Waals surface area contributed by atoms with Crippen molar-refractivity contribution >= 4 is 34.4 Å². The molecule has 7 heteroatoms. The average molecular weight is 453 g/mol. The van der Waals surface area contributed by atoms with E-state index in [1.165, 1.54) is 5.56 Å². The monoisotopic (exact) mass is 452 g/mol. The second-order valence-corrected chi connectivity index (χ2v) is 8.51. The standard InChI is InChI=1S/C25H29ClN4O2/c1-3-32-25(31)30-11-9-29(10-12-30)24-21(15-20-13-18(2)7-8-23(20)28-24)17-27-16-19-5-4-6-22(26)14-19/h4-8,13-15,27H,3,9-12,16-17H2,1-2H3. The zero-order valence-corrected chi connectivity index (χ0v) is 19.4. The van der Waals surface area contributed by atoms with E-state index < -0.39 is 0 Å². The number of anilines is 1. The number of rotatable bonds is 6. The molecule has 1 amide bonds. The minimum absolute atomic E-state index is 0.238. The van der Waals surface area contributed by atoms with E-state index in [-0.39, 0.29) is 6.09 Å². The number of piperazine rings is 1. The molecule has 1 aliphatic rings. The summed E-state index contributed by atoms with van der Waals surface area (Å²) >= 11 is 6.12. The first-order chi connectivity index (χ1) is 15.5. The number of hydrogen-bond acceptors (Lipinski definition) is 5. The molecule has 6 nitrogen and oxygen atoms in total. The predicted octanol–water partition coefficient (Wildman–Crippen LogP) is 4.76. The van der Waals surface area contributed by atoms with Gasteiger partial charge in [0.1, 0.15) is 5.82 Å². The number of halogens is 1. The minimum Gasteiger partial charge on any atom is -0.450 e. The smallest absolute Gasteiger partial charge is 0.409 e. The van der Waals surface area contributed by atoms with Crippen LogP contribution in [0.1, 0.15) is 23.6 Å². The van der Waals surface area contributed by atoms with Crippen molar-refractivity contribution < 1.29 is 9.53 Å². The first-order valence-corrected chi connectivity index (χ1v) is 11.4. The Balaban J connectivity index is 1.53. The van der Waals surface area contributed by atoms with Gasteiger partial charge in [-0.25, -0.2) is 9.78 Å². The number of aryl methyl sites for hydroxylation is 1. The Labute approximate surface area is 194 Å². The second kappa shape index (κ2) is 10.2. The van der Waals surface area contributed by atoms with Crippen LogP contribution in [0.5, 0.6) is 0 Å². The highest BCUT2D eigenvalue weighted by molar-refractivity contribution is 6.30. The van der Waals surface area contributed by atoms with E-state index >= 15 is 0 Å². The molecule has 1 aliphatic heterocycles. The summed E-state index contributed by atoms with van der Waals surface area (Å²) in [6.07, 6.45) is -0.238.